The summed E-state index contributed by atoms with van der Waals surface area (Å²) in [6, 6.07) is 5.86. The van der Waals surface area contributed by atoms with E-state index >= 15 is 0 Å². The van der Waals surface area contributed by atoms with E-state index in [2.05, 4.69) is 10.6 Å². The number of methoxy groups -OCH3 is 1. The predicted molar refractivity (Wildman–Crippen MR) is 87.9 cm³/mol. The van der Waals surface area contributed by atoms with Crippen molar-refractivity contribution in [2.75, 3.05) is 38.7 Å². The summed E-state index contributed by atoms with van der Waals surface area (Å²) in [5, 5.41) is 6.36. The van der Waals surface area contributed by atoms with Crippen LogP contribution in [0.2, 0.25) is 0 Å². The number of halogens is 1. The van der Waals surface area contributed by atoms with E-state index in [1.54, 1.807) is 7.11 Å². The average molecular weight is 327 g/mol. The number of nitrogens with one attached hydrogen (secondary N) is 2. The van der Waals surface area contributed by atoms with Gasteiger partial charge in [-0.2, -0.15) is 0 Å². The van der Waals surface area contributed by atoms with Crippen molar-refractivity contribution < 1.29 is 14.3 Å². The largest absolute Gasteiger partial charge is 0.493 e. The molecule has 0 bridgehead atoms. The van der Waals surface area contributed by atoms with Gasteiger partial charge in [-0.3, -0.25) is 4.79 Å². The molecule has 1 saturated heterocycles. The van der Waals surface area contributed by atoms with Crippen molar-refractivity contribution in [1.82, 2.24) is 5.32 Å². The van der Waals surface area contributed by atoms with E-state index in [4.69, 9.17) is 9.47 Å². The summed E-state index contributed by atoms with van der Waals surface area (Å²) in [4.78, 5) is 12.7. The fourth-order valence-electron chi connectivity index (χ4n) is 3.15. The average Bonchev–Trinajstić information content (AvgIpc) is 2.96. The summed E-state index contributed by atoms with van der Waals surface area (Å²) in [7, 11) is 1.66. The van der Waals surface area contributed by atoms with E-state index in [1.165, 1.54) is 5.56 Å². The van der Waals surface area contributed by atoms with Crippen molar-refractivity contribution >= 4 is 24.0 Å². The topological polar surface area (TPSA) is 59.6 Å². The summed E-state index contributed by atoms with van der Waals surface area (Å²) in [6.45, 7) is 2.91. The molecule has 22 heavy (non-hydrogen) atoms. The van der Waals surface area contributed by atoms with Crippen LogP contribution >= 0.6 is 12.4 Å². The second-order valence-electron chi connectivity index (χ2n) is 5.84. The standard InChI is InChI=1S/C16H22N2O3.ClH/c1-20-11-16(5-7-17-8-6-16)15(19)18-13-2-3-14-12(10-13)4-9-21-14;/h2-3,10,17H,4-9,11H2,1H3,(H,18,19);1H. The zero-order chi connectivity index (χ0) is 14.7. The monoisotopic (exact) mass is 326 g/mol. The van der Waals surface area contributed by atoms with Gasteiger partial charge in [0.05, 0.1) is 18.6 Å². The van der Waals surface area contributed by atoms with Crippen molar-refractivity contribution in [3.05, 3.63) is 23.8 Å². The summed E-state index contributed by atoms with van der Waals surface area (Å²) in [6.07, 6.45) is 2.52. The SMILES string of the molecule is COCC1(C(=O)Nc2ccc3c(c2)CCO3)CCNCC1.Cl. The molecule has 0 aromatic heterocycles. The second kappa shape index (κ2) is 7.31. The molecule has 0 radical (unpaired) electrons. The lowest BCUT2D eigenvalue weighted by Gasteiger charge is -2.35. The summed E-state index contributed by atoms with van der Waals surface area (Å²) < 4.78 is 10.8. The molecule has 1 aromatic carbocycles. The van der Waals surface area contributed by atoms with E-state index in [1.807, 2.05) is 18.2 Å². The van der Waals surface area contributed by atoms with Crippen LogP contribution in [-0.2, 0) is 16.0 Å². The van der Waals surface area contributed by atoms with Crippen molar-refractivity contribution in [2.45, 2.75) is 19.3 Å². The Hall–Kier alpha value is -1.30. The molecule has 0 saturated carbocycles. The van der Waals surface area contributed by atoms with E-state index in [0.717, 1.165) is 50.4 Å². The summed E-state index contributed by atoms with van der Waals surface area (Å²) in [5.74, 6) is 0.992. The Labute approximate surface area is 137 Å². The number of carbonyl (C=O) groups excluding carboxylic acids is 1. The molecular weight excluding hydrogens is 304 g/mol. The maximum absolute atomic E-state index is 12.7. The number of fused-ring (bicyclic) bond motifs is 1. The van der Waals surface area contributed by atoms with Crippen molar-refractivity contribution in [1.29, 1.82) is 0 Å². The number of piperidine rings is 1. The molecule has 0 aliphatic carbocycles. The first-order valence-electron chi connectivity index (χ1n) is 7.50. The van der Waals surface area contributed by atoms with E-state index in [9.17, 15) is 4.79 Å². The van der Waals surface area contributed by atoms with Gasteiger partial charge in [-0.15, -0.1) is 12.4 Å². The second-order valence-corrected chi connectivity index (χ2v) is 5.84. The van der Waals surface area contributed by atoms with Crippen LogP contribution in [0.3, 0.4) is 0 Å². The zero-order valence-electron chi connectivity index (χ0n) is 12.8. The fourth-order valence-corrected chi connectivity index (χ4v) is 3.15. The number of hydrogen-bond acceptors (Lipinski definition) is 4. The van der Waals surface area contributed by atoms with Gasteiger partial charge in [0.1, 0.15) is 5.75 Å². The van der Waals surface area contributed by atoms with Crippen LogP contribution in [0.25, 0.3) is 0 Å². The molecule has 0 atom stereocenters. The third-order valence-corrected chi connectivity index (χ3v) is 4.41. The van der Waals surface area contributed by atoms with Gasteiger partial charge < -0.3 is 20.1 Å². The van der Waals surface area contributed by atoms with Gasteiger partial charge in [0, 0.05) is 19.2 Å². The Balaban J connectivity index is 0.00000176. The van der Waals surface area contributed by atoms with Gasteiger partial charge in [0.2, 0.25) is 5.91 Å². The zero-order valence-corrected chi connectivity index (χ0v) is 13.6. The molecule has 0 spiro atoms. The quantitative estimate of drug-likeness (QED) is 0.888. The summed E-state index contributed by atoms with van der Waals surface area (Å²) >= 11 is 0. The predicted octanol–water partition coefficient (Wildman–Crippen LogP) is 2.00. The Morgan fingerprint density at radius 2 is 2.18 bits per heavy atom. The van der Waals surface area contributed by atoms with Crippen LogP contribution < -0.4 is 15.4 Å². The van der Waals surface area contributed by atoms with Crippen molar-refractivity contribution in [3.8, 4) is 5.75 Å². The van der Waals surface area contributed by atoms with Crippen molar-refractivity contribution in [3.63, 3.8) is 0 Å². The van der Waals surface area contributed by atoms with Crippen LogP contribution in [0, 0.1) is 5.41 Å². The van der Waals surface area contributed by atoms with E-state index < -0.39 is 5.41 Å². The molecule has 6 heteroatoms. The first-order chi connectivity index (χ1) is 10.2. The lowest BCUT2D eigenvalue weighted by atomic mass is 9.78. The normalized spacial score (nSPS) is 18.8. The highest BCUT2D eigenvalue weighted by atomic mass is 35.5. The molecule has 3 rings (SSSR count). The minimum absolute atomic E-state index is 0. The Morgan fingerprint density at radius 3 is 2.91 bits per heavy atom. The molecule has 2 aliphatic rings. The number of carbonyl (C=O) groups is 1. The molecule has 1 amide bonds. The maximum Gasteiger partial charge on any atom is 0.233 e. The number of amides is 1. The molecular formula is C16H23ClN2O3. The number of benzene rings is 1. The highest BCUT2D eigenvalue weighted by Crippen LogP contribution is 2.32. The highest BCUT2D eigenvalue weighted by Gasteiger charge is 2.39. The molecule has 2 aliphatic heterocycles. The molecule has 1 fully saturated rings. The van der Waals surface area contributed by atoms with Gasteiger partial charge in [0.15, 0.2) is 0 Å². The van der Waals surface area contributed by atoms with Gasteiger partial charge in [-0.1, -0.05) is 0 Å². The third-order valence-electron chi connectivity index (χ3n) is 4.41. The van der Waals surface area contributed by atoms with E-state index in [0.29, 0.717) is 6.61 Å². The Morgan fingerprint density at radius 1 is 1.41 bits per heavy atom. The first kappa shape index (κ1) is 17.1. The van der Waals surface area contributed by atoms with Crippen LogP contribution in [-0.4, -0.2) is 39.3 Å². The molecule has 2 N–H and O–H groups in total. The van der Waals surface area contributed by atoms with Gasteiger partial charge in [-0.05, 0) is 49.7 Å². The van der Waals surface area contributed by atoms with Crippen LogP contribution in [0.4, 0.5) is 5.69 Å². The number of rotatable bonds is 4. The number of ether oxygens (including phenoxy) is 2. The minimum Gasteiger partial charge on any atom is -0.493 e. The minimum atomic E-state index is -0.421. The highest BCUT2D eigenvalue weighted by molar-refractivity contribution is 5.95. The maximum atomic E-state index is 12.7. The van der Waals surface area contributed by atoms with Crippen molar-refractivity contribution in [2.24, 2.45) is 5.41 Å². The number of hydrogen-bond donors (Lipinski definition) is 2. The van der Waals surface area contributed by atoms with Crippen LogP contribution in [0.5, 0.6) is 5.75 Å². The Bertz CT molecular complexity index is 525. The smallest absolute Gasteiger partial charge is 0.233 e. The molecule has 1 aromatic rings. The van der Waals surface area contributed by atoms with Crippen LogP contribution in [0.1, 0.15) is 18.4 Å². The third kappa shape index (κ3) is 3.37. The van der Waals surface area contributed by atoms with Gasteiger partial charge >= 0.3 is 0 Å². The molecule has 0 unspecified atom stereocenters. The summed E-state index contributed by atoms with van der Waals surface area (Å²) in [5.41, 5.74) is 1.59. The molecule has 2 heterocycles. The van der Waals surface area contributed by atoms with E-state index in [-0.39, 0.29) is 18.3 Å². The lowest BCUT2D eigenvalue weighted by molar-refractivity contribution is -0.130. The fraction of sp³-hybridized carbons (Fsp3) is 0.562. The molecule has 122 valence electrons. The molecule has 5 nitrogen and oxygen atoms in total. The van der Waals surface area contributed by atoms with Gasteiger partial charge in [-0.25, -0.2) is 0 Å². The van der Waals surface area contributed by atoms with Gasteiger partial charge in [0.25, 0.3) is 0 Å². The van der Waals surface area contributed by atoms with Crippen LogP contribution in [0.15, 0.2) is 18.2 Å². The Kier molecular flexibility index (Phi) is 5.67. The lowest BCUT2D eigenvalue weighted by Crippen LogP contribution is -2.47. The number of anilines is 1. The first-order valence-corrected chi connectivity index (χ1v) is 7.50.